The molecule has 14 heavy (non-hydrogen) atoms. The number of rotatable bonds is 1. The predicted octanol–water partition coefficient (Wildman–Crippen LogP) is 3.59. The molecule has 0 saturated carbocycles. The van der Waals surface area contributed by atoms with Crippen LogP contribution in [0.2, 0.25) is 0 Å². The third-order valence-electron chi connectivity index (χ3n) is 2.50. The van der Waals surface area contributed by atoms with Crippen LogP contribution in [-0.2, 0) is 0 Å². The molecule has 0 bridgehead atoms. The first kappa shape index (κ1) is 9.20. The lowest BCUT2D eigenvalue weighted by Crippen LogP contribution is -1.97. The maximum atomic E-state index is 4.56. The first-order valence-corrected chi connectivity index (χ1v) is 5.07. The highest BCUT2D eigenvalue weighted by Crippen LogP contribution is 2.21. The van der Waals surface area contributed by atoms with Crippen molar-refractivity contribution in [1.82, 2.24) is 0 Å². The summed E-state index contributed by atoms with van der Waals surface area (Å²) in [6.07, 6.45) is 4.45. The molecule has 0 atom stereocenters. The lowest BCUT2D eigenvalue weighted by molar-refractivity contribution is 1.06. The first-order chi connectivity index (χ1) is 6.75. The number of nitrogens with zero attached hydrogens (tertiary/aromatic N) is 1. The van der Waals surface area contributed by atoms with Crippen LogP contribution < -0.4 is 0 Å². The van der Waals surface area contributed by atoms with E-state index in [4.69, 9.17) is 0 Å². The molecule has 1 aromatic rings. The fourth-order valence-corrected chi connectivity index (χ4v) is 1.63. The van der Waals surface area contributed by atoms with E-state index in [1.807, 2.05) is 0 Å². The molecule has 1 heteroatoms. The van der Waals surface area contributed by atoms with E-state index in [9.17, 15) is 0 Å². The lowest BCUT2D eigenvalue weighted by atomic mass is 10.1. The standard InChI is InChI=1S/C13H15N/c1-10-6-8-12(9-7-10)13-5-3-4-11(2)14-13/h5-9H,3-4H2,1-2H3. The van der Waals surface area contributed by atoms with Gasteiger partial charge in [-0.3, -0.25) is 4.99 Å². The van der Waals surface area contributed by atoms with Crippen molar-refractivity contribution in [3.8, 4) is 0 Å². The Morgan fingerprint density at radius 2 is 1.79 bits per heavy atom. The van der Waals surface area contributed by atoms with E-state index >= 15 is 0 Å². The molecular formula is C13H15N. The van der Waals surface area contributed by atoms with Gasteiger partial charge in [0.25, 0.3) is 0 Å². The van der Waals surface area contributed by atoms with Gasteiger partial charge in [-0.05, 0) is 32.3 Å². The second kappa shape index (κ2) is 3.79. The van der Waals surface area contributed by atoms with Gasteiger partial charge < -0.3 is 0 Å². The summed E-state index contributed by atoms with van der Waals surface area (Å²) in [4.78, 5) is 4.56. The number of hydrogen-bond acceptors (Lipinski definition) is 1. The molecule has 0 unspecified atom stereocenters. The Hall–Kier alpha value is -1.37. The largest absolute Gasteiger partial charge is 0.258 e. The van der Waals surface area contributed by atoms with Gasteiger partial charge in [0.15, 0.2) is 0 Å². The van der Waals surface area contributed by atoms with Gasteiger partial charge in [-0.25, -0.2) is 0 Å². The van der Waals surface area contributed by atoms with Crippen LogP contribution in [0.4, 0.5) is 0 Å². The summed E-state index contributed by atoms with van der Waals surface area (Å²) in [5, 5.41) is 0. The molecule has 72 valence electrons. The van der Waals surface area contributed by atoms with Gasteiger partial charge in [-0.2, -0.15) is 0 Å². The second-order valence-electron chi connectivity index (χ2n) is 3.84. The molecule has 0 radical (unpaired) electrons. The van der Waals surface area contributed by atoms with Crippen LogP contribution >= 0.6 is 0 Å². The van der Waals surface area contributed by atoms with E-state index in [1.54, 1.807) is 0 Å². The Morgan fingerprint density at radius 1 is 1.07 bits per heavy atom. The van der Waals surface area contributed by atoms with Crippen LogP contribution in [0.15, 0.2) is 35.3 Å². The monoisotopic (exact) mass is 185 g/mol. The first-order valence-electron chi connectivity index (χ1n) is 5.07. The Bertz CT molecular complexity index is 382. The quantitative estimate of drug-likeness (QED) is 0.634. The van der Waals surface area contributed by atoms with Crippen molar-refractivity contribution in [2.45, 2.75) is 26.7 Å². The minimum absolute atomic E-state index is 1.11. The molecule has 2 rings (SSSR count). The number of benzene rings is 1. The molecule has 1 nitrogen and oxygen atoms in total. The van der Waals surface area contributed by atoms with Crippen molar-refractivity contribution in [2.24, 2.45) is 4.99 Å². The molecule has 0 saturated heterocycles. The average molecular weight is 185 g/mol. The van der Waals surface area contributed by atoms with E-state index in [0.717, 1.165) is 18.5 Å². The molecule has 0 spiro atoms. The Labute approximate surface area is 85.2 Å². The van der Waals surface area contributed by atoms with Crippen molar-refractivity contribution in [1.29, 1.82) is 0 Å². The molecule has 1 aromatic carbocycles. The van der Waals surface area contributed by atoms with Gasteiger partial charge in [-0.1, -0.05) is 35.9 Å². The summed E-state index contributed by atoms with van der Waals surface area (Å²) in [6, 6.07) is 8.55. The summed E-state index contributed by atoms with van der Waals surface area (Å²) in [7, 11) is 0. The maximum Gasteiger partial charge on any atom is 0.0661 e. The predicted molar refractivity (Wildman–Crippen MR) is 61.5 cm³/mol. The van der Waals surface area contributed by atoms with E-state index < -0.39 is 0 Å². The topological polar surface area (TPSA) is 12.4 Å². The summed E-state index contributed by atoms with van der Waals surface area (Å²) < 4.78 is 0. The van der Waals surface area contributed by atoms with Crippen molar-refractivity contribution < 1.29 is 0 Å². The zero-order valence-corrected chi connectivity index (χ0v) is 8.75. The molecule has 0 aromatic heterocycles. The molecule has 1 aliphatic heterocycles. The summed E-state index contributed by atoms with van der Waals surface area (Å²) in [5.41, 5.74) is 4.90. The van der Waals surface area contributed by atoms with Crippen molar-refractivity contribution in [3.63, 3.8) is 0 Å². The highest BCUT2D eigenvalue weighted by atomic mass is 14.8. The van der Waals surface area contributed by atoms with E-state index in [-0.39, 0.29) is 0 Å². The molecule has 0 fully saturated rings. The number of aliphatic imine (C=N–C) groups is 1. The van der Waals surface area contributed by atoms with Crippen LogP contribution in [0.5, 0.6) is 0 Å². The minimum atomic E-state index is 1.11. The fourth-order valence-electron chi connectivity index (χ4n) is 1.63. The zero-order valence-electron chi connectivity index (χ0n) is 8.75. The van der Waals surface area contributed by atoms with Crippen LogP contribution in [0, 0.1) is 6.92 Å². The summed E-state index contributed by atoms with van der Waals surface area (Å²) in [5.74, 6) is 0. The van der Waals surface area contributed by atoms with Gasteiger partial charge in [0.05, 0.1) is 5.70 Å². The van der Waals surface area contributed by atoms with Gasteiger partial charge >= 0.3 is 0 Å². The van der Waals surface area contributed by atoms with Crippen LogP contribution in [0.1, 0.15) is 30.9 Å². The van der Waals surface area contributed by atoms with Gasteiger partial charge in [0, 0.05) is 5.71 Å². The Morgan fingerprint density at radius 3 is 2.43 bits per heavy atom. The second-order valence-corrected chi connectivity index (χ2v) is 3.84. The molecule has 0 aliphatic carbocycles. The number of allylic oxidation sites excluding steroid dienone is 1. The molecule has 1 aliphatic rings. The summed E-state index contributed by atoms with van der Waals surface area (Å²) in [6.45, 7) is 4.20. The molecular weight excluding hydrogens is 170 g/mol. The van der Waals surface area contributed by atoms with Crippen LogP contribution in [0.25, 0.3) is 5.70 Å². The van der Waals surface area contributed by atoms with Crippen LogP contribution in [-0.4, -0.2) is 5.71 Å². The van der Waals surface area contributed by atoms with E-state index in [1.165, 1.54) is 16.8 Å². The average Bonchev–Trinajstić information content (AvgIpc) is 2.19. The van der Waals surface area contributed by atoms with Gasteiger partial charge in [0.1, 0.15) is 0 Å². The highest BCUT2D eigenvalue weighted by Gasteiger charge is 2.04. The van der Waals surface area contributed by atoms with Gasteiger partial charge in [-0.15, -0.1) is 0 Å². The van der Waals surface area contributed by atoms with Crippen molar-refractivity contribution in [3.05, 3.63) is 41.5 Å². The van der Waals surface area contributed by atoms with E-state index in [2.05, 4.69) is 49.2 Å². The third-order valence-corrected chi connectivity index (χ3v) is 2.50. The van der Waals surface area contributed by atoms with Crippen LogP contribution in [0.3, 0.4) is 0 Å². The number of aryl methyl sites for hydroxylation is 1. The Kier molecular flexibility index (Phi) is 2.49. The maximum absolute atomic E-state index is 4.56. The normalized spacial score (nSPS) is 16.1. The smallest absolute Gasteiger partial charge is 0.0661 e. The van der Waals surface area contributed by atoms with Crippen molar-refractivity contribution in [2.75, 3.05) is 0 Å². The SMILES string of the molecule is CC1=NC(c2ccc(C)cc2)=CCC1. The Balaban J connectivity index is 2.32. The van der Waals surface area contributed by atoms with Crippen molar-refractivity contribution >= 4 is 11.4 Å². The van der Waals surface area contributed by atoms with E-state index in [0.29, 0.717) is 0 Å². The van der Waals surface area contributed by atoms with Gasteiger partial charge in [0.2, 0.25) is 0 Å². The lowest BCUT2D eigenvalue weighted by Gasteiger charge is -2.10. The summed E-state index contributed by atoms with van der Waals surface area (Å²) >= 11 is 0. The highest BCUT2D eigenvalue weighted by molar-refractivity contribution is 5.89. The minimum Gasteiger partial charge on any atom is -0.258 e. The molecule has 0 N–H and O–H groups in total. The zero-order chi connectivity index (χ0) is 9.97. The third kappa shape index (κ3) is 1.92. The molecule has 1 heterocycles. The molecule has 0 amide bonds. The fraction of sp³-hybridized carbons (Fsp3) is 0.308. The number of hydrogen-bond donors (Lipinski definition) is 0.